The number of carbonyl (C=O) groups is 1. The Morgan fingerprint density at radius 1 is 0.966 bits per heavy atom. The third kappa shape index (κ3) is 4.08. The lowest BCUT2D eigenvalue weighted by molar-refractivity contribution is -0.114. The quantitative estimate of drug-likeness (QED) is 0.512. The van der Waals surface area contributed by atoms with E-state index in [1.165, 1.54) is 5.01 Å². The minimum Gasteiger partial charge on any atom is -0.488 e. The molecule has 29 heavy (non-hydrogen) atoms. The Morgan fingerprint density at radius 3 is 2.45 bits per heavy atom. The SMILES string of the molecule is CC1=NN(c2ccccc2)C(=O)C1=Cc1ccccc1OCc1ccccc1Cl. The average Bonchev–Trinajstić information content (AvgIpc) is 3.03. The van der Waals surface area contributed by atoms with Gasteiger partial charge < -0.3 is 4.74 Å². The Bertz CT molecular complexity index is 1110. The second-order valence-corrected chi connectivity index (χ2v) is 7.02. The lowest BCUT2D eigenvalue weighted by Crippen LogP contribution is -2.21. The van der Waals surface area contributed by atoms with Gasteiger partial charge in [-0.2, -0.15) is 10.1 Å². The van der Waals surface area contributed by atoms with Crippen LogP contribution in [0.5, 0.6) is 5.75 Å². The molecule has 1 amide bonds. The van der Waals surface area contributed by atoms with Gasteiger partial charge in [-0.25, -0.2) is 0 Å². The fraction of sp³-hybridized carbons (Fsp3) is 0.0833. The molecule has 4 rings (SSSR count). The summed E-state index contributed by atoms with van der Waals surface area (Å²) in [6.45, 7) is 2.18. The highest BCUT2D eigenvalue weighted by Crippen LogP contribution is 2.28. The third-order valence-electron chi connectivity index (χ3n) is 4.62. The summed E-state index contributed by atoms with van der Waals surface area (Å²) in [4.78, 5) is 12.9. The first-order chi connectivity index (χ1) is 14.1. The van der Waals surface area contributed by atoms with Gasteiger partial charge in [-0.05, 0) is 37.3 Å². The minimum absolute atomic E-state index is 0.158. The summed E-state index contributed by atoms with van der Waals surface area (Å²) in [7, 11) is 0. The molecule has 0 fully saturated rings. The first-order valence-electron chi connectivity index (χ1n) is 9.25. The molecule has 1 aliphatic rings. The summed E-state index contributed by atoms with van der Waals surface area (Å²) in [5.41, 5.74) is 3.67. The molecule has 4 nitrogen and oxygen atoms in total. The van der Waals surface area contributed by atoms with Gasteiger partial charge in [0.05, 0.1) is 17.0 Å². The van der Waals surface area contributed by atoms with Crippen LogP contribution in [0.25, 0.3) is 6.08 Å². The number of hydrogen-bond acceptors (Lipinski definition) is 3. The Labute approximate surface area is 174 Å². The van der Waals surface area contributed by atoms with E-state index in [1.54, 1.807) is 0 Å². The van der Waals surface area contributed by atoms with E-state index in [4.69, 9.17) is 16.3 Å². The van der Waals surface area contributed by atoms with Gasteiger partial charge in [-0.3, -0.25) is 4.79 Å². The Kier molecular flexibility index (Phi) is 5.45. The first kappa shape index (κ1) is 19.0. The van der Waals surface area contributed by atoms with Crippen molar-refractivity contribution >= 4 is 35.0 Å². The molecule has 0 spiro atoms. The summed E-state index contributed by atoms with van der Waals surface area (Å²) in [6.07, 6.45) is 1.83. The van der Waals surface area contributed by atoms with Gasteiger partial charge >= 0.3 is 0 Å². The average molecular weight is 403 g/mol. The fourth-order valence-electron chi connectivity index (χ4n) is 3.09. The Hall–Kier alpha value is -3.37. The predicted molar refractivity (Wildman–Crippen MR) is 117 cm³/mol. The normalized spacial score (nSPS) is 15.0. The number of nitrogens with zero attached hydrogens (tertiary/aromatic N) is 2. The van der Waals surface area contributed by atoms with Crippen molar-refractivity contribution in [1.29, 1.82) is 0 Å². The van der Waals surface area contributed by atoms with Crippen molar-refractivity contribution in [3.05, 3.63) is 101 Å². The van der Waals surface area contributed by atoms with Crippen molar-refractivity contribution in [2.45, 2.75) is 13.5 Å². The molecule has 0 unspecified atom stereocenters. The van der Waals surface area contributed by atoms with Gasteiger partial charge in [-0.15, -0.1) is 0 Å². The van der Waals surface area contributed by atoms with Crippen molar-refractivity contribution in [2.75, 3.05) is 5.01 Å². The summed E-state index contributed by atoms with van der Waals surface area (Å²) in [5, 5.41) is 6.51. The number of rotatable bonds is 5. The van der Waals surface area contributed by atoms with E-state index in [2.05, 4.69) is 5.10 Å². The highest BCUT2D eigenvalue weighted by atomic mass is 35.5. The maximum atomic E-state index is 12.9. The molecular formula is C24H19ClN2O2. The number of hydrogen-bond donors (Lipinski definition) is 0. The zero-order valence-corrected chi connectivity index (χ0v) is 16.6. The van der Waals surface area contributed by atoms with Crippen LogP contribution in [0.3, 0.4) is 0 Å². The van der Waals surface area contributed by atoms with Gasteiger partial charge in [0.1, 0.15) is 12.4 Å². The summed E-state index contributed by atoms with van der Waals surface area (Å²) in [6, 6.07) is 24.6. The molecule has 0 radical (unpaired) electrons. The number of hydrazone groups is 1. The second-order valence-electron chi connectivity index (χ2n) is 6.61. The number of halogens is 1. The number of ether oxygens (including phenoxy) is 1. The van der Waals surface area contributed by atoms with Gasteiger partial charge in [0.2, 0.25) is 0 Å². The number of anilines is 1. The van der Waals surface area contributed by atoms with Crippen LogP contribution in [-0.4, -0.2) is 11.6 Å². The Morgan fingerprint density at radius 2 is 1.66 bits per heavy atom. The topological polar surface area (TPSA) is 41.9 Å². The Balaban J connectivity index is 1.60. The van der Waals surface area contributed by atoms with E-state index in [-0.39, 0.29) is 5.91 Å². The molecule has 0 saturated carbocycles. The van der Waals surface area contributed by atoms with Crippen molar-refractivity contribution < 1.29 is 9.53 Å². The van der Waals surface area contributed by atoms with Crippen molar-refractivity contribution in [1.82, 2.24) is 0 Å². The zero-order chi connectivity index (χ0) is 20.2. The molecule has 5 heteroatoms. The number of para-hydroxylation sites is 2. The molecule has 0 saturated heterocycles. The van der Waals surface area contributed by atoms with Crippen LogP contribution in [0.15, 0.2) is 89.5 Å². The number of amides is 1. The van der Waals surface area contributed by atoms with Gasteiger partial charge in [0, 0.05) is 16.1 Å². The second kappa shape index (κ2) is 8.33. The van der Waals surface area contributed by atoms with Crippen LogP contribution >= 0.6 is 11.6 Å². The lowest BCUT2D eigenvalue weighted by Gasteiger charge is -2.12. The van der Waals surface area contributed by atoms with Gasteiger partial charge in [0.25, 0.3) is 5.91 Å². The maximum absolute atomic E-state index is 12.9. The monoisotopic (exact) mass is 402 g/mol. The van der Waals surface area contributed by atoms with E-state index in [1.807, 2.05) is 91.9 Å². The van der Waals surface area contributed by atoms with E-state index in [9.17, 15) is 4.79 Å². The third-order valence-corrected chi connectivity index (χ3v) is 4.99. The van der Waals surface area contributed by atoms with Gasteiger partial charge in [-0.1, -0.05) is 66.2 Å². The highest BCUT2D eigenvalue weighted by molar-refractivity contribution is 6.32. The molecule has 0 atom stereocenters. The summed E-state index contributed by atoms with van der Waals surface area (Å²) < 4.78 is 6.00. The van der Waals surface area contributed by atoms with Crippen LogP contribution in [0, 0.1) is 0 Å². The molecule has 144 valence electrons. The van der Waals surface area contributed by atoms with Crippen LogP contribution in [0.1, 0.15) is 18.1 Å². The molecule has 3 aromatic carbocycles. The van der Waals surface area contributed by atoms with Crippen LogP contribution in [0.2, 0.25) is 5.02 Å². The van der Waals surface area contributed by atoms with E-state index in [0.717, 1.165) is 16.8 Å². The molecular weight excluding hydrogens is 384 g/mol. The van der Waals surface area contributed by atoms with Crippen LogP contribution < -0.4 is 9.75 Å². The molecule has 0 N–H and O–H groups in total. The molecule has 0 aliphatic carbocycles. The van der Waals surface area contributed by atoms with Crippen LogP contribution in [0.4, 0.5) is 5.69 Å². The van der Waals surface area contributed by atoms with E-state index < -0.39 is 0 Å². The fourth-order valence-corrected chi connectivity index (χ4v) is 3.28. The van der Waals surface area contributed by atoms with E-state index >= 15 is 0 Å². The van der Waals surface area contributed by atoms with Crippen molar-refractivity contribution in [3.8, 4) is 5.75 Å². The number of carbonyl (C=O) groups excluding carboxylic acids is 1. The summed E-state index contributed by atoms with van der Waals surface area (Å²) in [5.74, 6) is 0.522. The lowest BCUT2D eigenvalue weighted by atomic mass is 10.1. The standard InChI is InChI=1S/C24H19ClN2O2/c1-17-21(24(28)27(26-17)20-11-3-2-4-12-20)15-18-9-6-8-14-23(18)29-16-19-10-5-7-13-22(19)25/h2-15H,16H2,1H3. The van der Waals surface area contributed by atoms with Crippen LogP contribution in [-0.2, 0) is 11.4 Å². The predicted octanol–water partition coefficient (Wildman–Crippen LogP) is 5.73. The number of benzene rings is 3. The maximum Gasteiger partial charge on any atom is 0.280 e. The minimum atomic E-state index is -0.158. The summed E-state index contributed by atoms with van der Waals surface area (Å²) >= 11 is 6.22. The van der Waals surface area contributed by atoms with Crippen molar-refractivity contribution in [3.63, 3.8) is 0 Å². The molecule has 1 heterocycles. The molecule has 1 aliphatic heterocycles. The zero-order valence-electron chi connectivity index (χ0n) is 15.9. The first-order valence-corrected chi connectivity index (χ1v) is 9.63. The molecule has 0 aromatic heterocycles. The van der Waals surface area contributed by atoms with Gasteiger partial charge in [0.15, 0.2) is 0 Å². The highest BCUT2D eigenvalue weighted by Gasteiger charge is 2.28. The van der Waals surface area contributed by atoms with Crippen molar-refractivity contribution in [2.24, 2.45) is 5.10 Å². The molecule has 3 aromatic rings. The smallest absolute Gasteiger partial charge is 0.280 e. The molecule has 0 bridgehead atoms. The van der Waals surface area contributed by atoms with E-state index in [0.29, 0.717) is 28.7 Å². The largest absolute Gasteiger partial charge is 0.488 e.